The van der Waals surface area contributed by atoms with Crippen molar-refractivity contribution < 1.29 is 22.7 Å². The van der Waals surface area contributed by atoms with Gasteiger partial charge < -0.3 is 15.0 Å². The number of hydrogen-bond donors (Lipinski definition) is 1. The fourth-order valence-electron chi connectivity index (χ4n) is 3.24. The highest BCUT2D eigenvalue weighted by molar-refractivity contribution is 14.1. The summed E-state index contributed by atoms with van der Waals surface area (Å²) < 4.78 is 31.5. The van der Waals surface area contributed by atoms with Gasteiger partial charge in [0.1, 0.15) is 11.5 Å². The molecule has 1 N–H and O–H groups in total. The molecule has 0 atom stereocenters. The van der Waals surface area contributed by atoms with Gasteiger partial charge in [-0.1, -0.05) is 0 Å². The van der Waals surface area contributed by atoms with Crippen LogP contribution in [0.5, 0.6) is 0 Å². The number of amides is 1. The molecule has 0 radical (unpaired) electrons. The third kappa shape index (κ3) is 5.13. The van der Waals surface area contributed by atoms with E-state index in [9.17, 15) is 18.0 Å². The summed E-state index contributed by atoms with van der Waals surface area (Å²) >= 11 is 3.45. The van der Waals surface area contributed by atoms with Crippen molar-refractivity contribution in [2.45, 2.75) is 13.0 Å². The molecule has 0 spiro atoms. The molecular formula is C19H22IN3O5S2. The first-order valence-electron chi connectivity index (χ1n) is 9.04. The zero-order valence-corrected chi connectivity index (χ0v) is 20.6. The molecule has 0 unspecified atom stereocenters. The minimum absolute atomic E-state index is 0.360. The van der Waals surface area contributed by atoms with Gasteiger partial charge in [0.25, 0.3) is 0 Å². The molecule has 162 valence electrons. The van der Waals surface area contributed by atoms with Gasteiger partial charge in [0.15, 0.2) is 0 Å². The molecule has 2 aromatic rings. The number of benzene rings is 1. The second kappa shape index (κ2) is 9.20. The summed E-state index contributed by atoms with van der Waals surface area (Å²) in [6.07, 6.45) is 1.73. The lowest BCUT2D eigenvalue weighted by Gasteiger charge is -2.22. The van der Waals surface area contributed by atoms with Gasteiger partial charge in [-0.3, -0.25) is 9.10 Å². The molecule has 8 nitrogen and oxygen atoms in total. The number of thiophene rings is 1. The lowest BCUT2D eigenvalue weighted by molar-refractivity contribution is -0.114. The summed E-state index contributed by atoms with van der Waals surface area (Å²) in [5, 5.41) is 3.13. The maximum Gasteiger partial charge on any atom is 0.341 e. The number of ether oxygens (including phenoxy) is 1. The van der Waals surface area contributed by atoms with Crippen LogP contribution in [-0.4, -0.2) is 58.7 Å². The summed E-state index contributed by atoms with van der Waals surface area (Å²) in [7, 11) is -0.393. The van der Waals surface area contributed by atoms with E-state index in [0.717, 1.165) is 31.1 Å². The maximum atomic E-state index is 12.8. The largest absolute Gasteiger partial charge is 0.465 e. The summed E-state index contributed by atoms with van der Waals surface area (Å²) in [5.74, 6) is -1.04. The predicted molar refractivity (Wildman–Crippen MR) is 126 cm³/mol. The number of nitrogens with zero attached hydrogens (tertiary/aromatic N) is 2. The van der Waals surface area contributed by atoms with E-state index in [1.807, 2.05) is 7.05 Å². The number of methoxy groups -OCH3 is 1. The van der Waals surface area contributed by atoms with Gasteiger partial charge in [-0.25, -0.2) is 13.2 Å². The summed E-state index contributed by atoms with van der Waals surface area (Å²) in [5.41, 5.74) is 1.64. The second-order valence-corrected chi connectivity index (χ2v) is 11.2. The summed E-state index contributed by atoms with van der Waals surface area (Å²) in [6, 6.07) is 6.83. The van der Waals surface area contributed by atoms with Crippen molar-refractivity contribution in [3.63, 3.8) is 0 Å². The smallest absolute Gasteiger partial charge is 0.341 e. The summed E-state index contributed by atoms with van der Waals surface area (Å²) in [4.78, 5) is 28.3. The number of nitrogens with one attached hydrogen (secondary N) is 1. The Morgan fingerprint density at radius 2 is 1.97 bits per heavy atom. The highest BCUT2D eigenvalue weighted by Crippen LogP contribution is 2.37. The Balaban J connectivity index is 1.87. The first-order valence-corrected chi connectivity index (χ1v) is 12.8. The van der Waals surface area contributed by atoms with Gasteiger partial charge in [-0.15, -0.1) is 11.3 Å². The lowest BCUT2D eigenvalue weighted by Crippen LogP contribution is -2.37. The molecule has 30 heavy (non-hydrogen) atoms. The van der Waals surface area contributed by atoms with Gasteiger partial charge >= 0.3 is 5.97 Å². The number of fused-ring (bicyclic) bond motifs is 1. The van der Waals surface area contributed by atoms with Crippen LogP contribution in [0.15, 0.2) is 24.3 Å². The molecule has 1 aromatic heterocycles. The van der Waals surface area contributed by atoms with Crippen molar-refractivity contribution in [2.24, 2.45) is 0 Å². The molecule has 0 bridgehead atoms. The minimum atomic E-state index is -3.68. The van der Waals surface area contributed by atoms with Gasteiger partial charge in [-0.05, 0) is 65.9 Å². The molecule has 1 aromatic carbocycles. The number of halogens is 1. The van der Waals surface area contributed by atoms with E-state index in [2.05, 4.69) is 32.8 Å². The van der Waals surface area contributed by atoms with E-state index in [1.54, 1.807) is 24.3 Å². The van der Waals surface area contributed by atoms with Crippen LogP contribution in [0.1, 0.15) is 20.8 Å². The first kappa shape index (κ1) is 23.0. The van der Waals surface area contributed by atoms with Crippen LogP contribution in [0.3, 0.4) is 0 Å². The third-order valence-corrected chi connectivity index (χ3v) is 7.68. The molecule has 0 saturated heterocycles. The molecule has 0 fully saturated rings. The number of hydrogen-bond acceptors (Lipinski definition) is 7. The average Bonchev–Trinajstić information content (AvgIpc) is 3.02. The van der Waals surface area contributed by atoms with Gasteiger partial charge in [0.05, 0.1) is 24.6 Å². The Bertz CT molecular complexity index is 1070. The maximum absolute atomic E-state index is 12.8. The molecule has 1 aliphatic heterocycles. The van der Waals surface area contributed by atoms with E-state index in [0.29, 0.717) is 29.2 Å². The Labute approximate surface area is 193 Å². The zero-order valence-electron chi connectivity index (χ0n) is 16.8. The van der Waals surface area contributed by atoms with Crippen molar-refractivity contribution in [3.8, 4) is 0 Å². The quantitative estimate of drug-likeness (QED) is 0.429. The number of carbonyl (C=O) groups is 2. The standard InChI is InChI=1S/C19H22IN3O5S2/c1-22-9-8-14-15(10-22)29-18(17(14)19(25)28-2)21-16(24)11-23(30(3,26)27)13-6-4-12(20)5-7-13/h4-7H,8-11H2,1-3H3,(H,21,24). The Morgan fingerprint density at radius 1 is 1.30 bits per heavy atom. The minimum Gasteiger partial charge on any atom is -0.465 e. The van der Waals surface area contributed by atoms with Crippen LogP contribution in [0.4, 0.5) is 10.7 Å². The average molecular weight is 563 g/mol. The predicted octanol–water partition coefficient (Wildman–Crippen LogP) is 2.53. The van der Waals surface area contributed by atoms with E-state index >= 15 is 0 Å². The monoisotopic (exact) mass is 563 g/mol. The molecule has 1 aliphatic rings. The van der Waals surface area contributed by atoms with Crippen LogP contribution in [0.2, 0.25) is 0 Å². The highest BCUT2D eigenvalue weighted by atomic mass is 127. The lowest BCUT2D eigenvalue weighted by atomic mass is 10.0. The molecule has 0 saturated carbocycles. The molecular weight excluding hydrogens is 541 g/mol. The fraction of sp³-hybridized carbons (Fsp3) is 0.368. The molecule has 3 rings (SSSR count). The van der Waals surface area contributed by atoms with Crippen molar-refractivity contribution in [1.29, 1.82) is 0 Å². The third-order valence-electron chi connectivity index (χ3n) is 4.69. The number of sulfonamides is 1. The zero-order chi connectivity index (χ0) is 22.1. The summed E-state index contributed by atoms with van der Waals surface area (Å²) in [6.45, 7) is 1.08. The Morgan fingerprint density at radius 3 is 2.57 bits per heavy atom. The van der Waals surface area contributed by atoms with Crippen LogP contribution >= 0.6 is 33.9 Å². The van der Waals surface area contributed by atoms with Gasteiger partial charge in [0.2, 0.25) is 15.9 Å². The van der Waals surface area contributed by atoms with Crippen LogP contribution in [0, 0.1) is 3.57 Å². The van der Waals surface area contributed by atoms with E-state index in [1.165, 1.54) is 18.4 Å². The Hall–Kier alpha value is -1.70. The molecule has 2 heterocycles. The van der Waals surface area contributed by atoms with E-state index in [-0.39, 0.29) is 0 Å². The van der Waals surface area contributed by atoms with Crippen molar-refractivity contribution in [2.75, 3.05) is 43.1 Å². The van der Waals surface area contributed by atoms with Gasteiger partial charge in [-0.2, -0.15) is 0 Å². The number of esters is 1. The van der Waals surface area contributed by atoms with Crippen molar-refractivity contribution in [1.82, 2.24) is 4.90 Å². The number of carbonyl (C=O) groups excluding carboxylic acids is 2. The van der Waals surface area contributed by atoms with Crippen molar-refractivity contribution >= 4 is 66.5 Å². The van der Waals surface area contributed by atoms with Crippen LogP contribution < -0.4 is 9.62 Å². The number of likely N-dealkylation sites (N-methyl/N-ethyl adjacent to an activating group) is 1. The second-order valence-electron chi connectivity index (χ2n) is 6.98. The SMILES string of the molecule is COC(=O)c1c(NC(=O)CN(c2ccc(I)cc2)S(C)(=O)=O)sc2c1CCN(C)C2. The van der Waals surface area contributed by atoms with Crippen LogP contribution in [0.25, 0.3) is 0 Å². The van der Waals surface area contributed by atoms with Gasteiger partial charge in [0, 0.05) is 21.5 Å². The molecule has 1 amide bonds. The topological polar surface area (TPSA) is 96.0 Å². The molecule has 11 heteroatoms. The number of rotatable bonds is 6. The first-order chi connectivity index (χ1) is 14.1. The molecule has 0 aliphatic carbocycles. The normalized spacial score (nSPS) is 14.1. The van der Waals surface area contributed by atoms with Crippen molar-refractivity contribution in [3.05, 3.63) is 43.8 Å². The van der Waals surface area contributed by atoms with E-state index in [4.69, 9.17) is 4.74 Å². The number of anilines is 2. The fourth-order valence-corrected chi connectivity index (χ4v) is 5.79. The van der Waals surface area contributed by atoms with Crippen LogP contribution in [-0.2, 0) is 32.5 Å². The van der Waals surface area contributed by atoms with E-state index < -0.39 is 28.4 Å². The Kier molecular flexibility index (Phi) is 7.05. The highest BCUT2D eigenvalue weighted by Gasteiger charge is 2.29.